The molecule has 0 aliphatic heterocycles. The third-order valence-electron chi connectivity index (χ3n) is 5.57. The maximum Gasteiger partial charge on any atom is 4.00 e. The van der Waals surface area contributed by atoms with Crippen LogP contribution in [0.3, 0.4) is 0 Å². The van der Waals surface area contributed by atoms with Gasteiger partial charge in [-0.25, -0.2) is 0 Å². The van der Waals surface area contributed by atoms with Crippen LogP contribution in [0.1, 0.15) is 22.3 Å². The van der Waals surface area contributed by atoms with Gasteiger partial charge < -0.3 is 0 Å². The van der Waals surface area contributed by atoms with Crippen molar-refractivity contribution in [2.45, 2.75) is 0 Å². The maximum atomic E-state index is 3.63. The molecule has 0 amide bonds. The van der Waals surface area contributed by atoms with Crippen molar-refractivity contribution in [3.05, 3.63) is 220 Å². The van der Waals surface area contributed by atoms with Crippen LogP contribution in [0.5, 0.6) is 0 Å². The molecular formula is C38H30Zr+2. The van der Waals surface area contributed by atoms with E-state index in [2.05, 4.69) is 84.9 Å². The molecule has 0 heterocycles. The minimum absolute atomic E-state index is 0. The van der Waals surface area contributed by atoms with Crippen LogP contribution < -0.4 is 0 Å². The van der Waals surface area contributed by atoms with Crippen LogP contribution in [-0.2, 0) is 26.2 Å². The van der Waals surface area contributed by atoms with E-state index < -0.39 is 0 Å². The van der Waals surface area contributed by atoms with Gasteiger partial charge in [0.15, 0.2) is 0 Å². The molecule has 0 nitrogen and oxygen atoms in total. The molecular weight excluding hydrogens is 548 g/mol. The Balaban J connectivity index is 0.000000319. The molecule has 0 spiro atoms. The molecule has 4 aromatic rings. The molecule has 2 aliphatic rings. The number of rotatable bonds is 5. The van der Waals surface area contributed by atoms with Gasteiger partial charge >= 0.3 is 26.2 Å². The Labute approximate surface area is 256 Å². The molecule has 184 valence electrons. The van der Waals surface area contributed by atoms with Crippen molar-refractivity contribution in [2.75, 3.05) is 0 Å². The summed E-state index contributed by atoms with van der Waals surface area (Å²) >= 11 is 0. The van der Waals surface area contributed by atoms with Gasteiger partial charge in [0.2, 0.25) is 0 Å². The Morgan fingerprint density at radius 1 is 0.308 bits per heavy atom. The number of benzene rings is 4. The van der Waals surface area contributed by atoms with E-state index in [4.69, 9.17) is 0 Å². The van der Waals surface area contributed by atoms with Gasteiger partial charge in [-0.05, 0) is 64.2 Å². The van der Waals surface area contributed by atoms with Crippen molar-refractivity contribution >= 4 is 11.1 Å². The van der Waals surface area contributed by atoms with Crippen LogP contribution in [0, 0.1) is 76.4 Å². The summed E-state index contributed by atoms with van der Waals surface area (Å²) in [6.07, 6.45) is 27.3. The van der Waals surface area contributed by atoms with Gasteiger partial charge in [-0.2, -0.15) is 23.3 Å². The van der Waals surface area contributed by atoms with Crippen molar-refractivity contribution in [1.29, 1.82) is 0 Å². The van der Waals surface area contributed by atoms with Crippen LogP contribution in [0.25, 0.3) is 11.1 Å². The molecule has 0 bridgehead atoms. The van der Waals surface area contributed by atoms with E-state index in [1.54, 1.807) is 0 Å². The maximum absolute atomic E-state index is 3.63. The van der Waals surface area contributed by atoms with E-state index in [0.29, 0.717) is 0 Å². The summed E-state index contributed by atoms with van der Waals surface area (Å²) in [7, 11) is 0. The molecule has 0 unspecified atom stereocenters. The van der Waals surface area contributed by atoms with Crippen molar-refractivity contribution in [3.63, 3.8) is 0 Å². The molecule has 0 saturated heterocycles. The van der Waals surface area contributed by atoms with Crippen molar-refractivity contribution in [2.24, 2.45) is 0 Å². The first-order chi connectivity index (χ1) is 18.9. The first-order valence-corrected chi connectivity index (χ1v) is 12.7. The average Bonchev–Trinajstić information content (AvgIpc) is 3.77. The molecule has 1 heteroatoms. The number of allylic oxidation sites excluding steroid dienone is 2. The quantitative estimate of drug-likeness (QED) is 0.126. The number of hydrogen-bond acceptors (Lipinski definition) is 0. The molecule has 0 aromatic heterocycles. The van der Waals surface area contributed by atoms with E-state index in [9.17, 15) is 0 Å². The van der Waals surface area contributed by atoms with Gasteiger partial charge in [0.05, 0.1) is 0 Å². The molecule has 10 radical (unpaired) electrons. The summed E-state index contributed by atoms with van der Waals surface area (Å²) in [6, 6.07) is 41.3. The molecule has 2 aliphatic carbocycles. The Morgan fingerprint density at radius 3 is 0.795 bits per heavy atom. The first-order valence-electron chi connectivity index (χ1n) is 12.7. The second-order valence-electron chi connectivity index (χ2n) is 8.39. The molecule has 4 aromatic carbocycles. The fourth-order valence-corrected chi connectivity index (χ4v) is 3.74. The molecule has 2 saturated carbocycles. The largest absolute Gasteiger partial charge is 4.00 e. The summed E-state index contributed by atoms with van der Waals surface area (Å²) < 4.78 is 0. The SMILES string of the molecule is [C-](=C(C(=[C-]c1ccccc1)c1ccccc1)c1ccccc1)c1ccccc1.[CH]1[CH][CH][CH][CH]1.[CH]1[CH][CH][CH][CH]1.[Zr+4]. The van der Waals surface area contributed by atoms with Gasteiger partial charge in [0, 0.05) is 0 Å². The first kappa shape index (κ1) is 30.8. The standard InChI is InChI=1S/C28H20.2C5H5.Zr/c1-5-13-23(14-6-1)21-27(25-17-9-3-10-18-25)28(26-19-11-4-12-20-26)22-24-15-7-2-8-16-24;2*1-2-4-5-3-1;/h1-20H;2*1-5H;/q-2;;;+4. The average molecular weight is 578 g/mol. The van der Waals surface area contributed by atoms with Crippen molar-refractivity contribution in [3.8, 4) is 0 Å². The van der Waals surface area contributed by atoms with E-state index in [-0.39, 0.29) is 26.2 Å². The van der Waals surface area contributed by atoms with Crippen molar-refractivity contribution < 1.29 is 26.2 Å². The van der Waals surface area contributed by atoms with Crippen molar-refractivity contribution in [1.82, 2.24) is 0 Å². The van der Waals surface area contributed by atoms with Gasteiger partial charge in [0.25, 0.3) is 0 Å². The van der Waals surface area contributed by atoms with E-state index >= 15 is 0 Å². The van der Waals surface area contributed by atoms with E-state index in [1.807, 2.05) is 113 Å². The van der Waals surface area contributed by atoms with Crippen LogP contribution in [-0.4, -0.2) is 0 Å². The zero-order chi connectivity index (χ0) is 26.1. The Morgan fingerprint density at radius 2 is 0.538 bits per heavy atom. The molecule has 39 heavy (non-hydrogen) atoms. The zero-order valence-corrected chi connectivity index (χ0v) is 24.3. The number of hydrogen-bond donors (Lipinski definition) is 0. The third-order valence-corrected chi connectivity index (χ3v) is 5.57. The minimum Gasteiger partial charge on any atom is -0.174 e. The second kappa shape index (κ2) is 18.5. The molecule has 0 N–H and O–H groups in total. The predicted molar refractivity (Wildman–Crippen MR) is 160 cm³/mol. The fraction of sp³-hybridized carbons (Fsp3) is 0. The third kappa shape index (κ3) is 11.1. The Hall–Kier alpha value is -2.76. The smallest absolute Gasteiger partial charge is 0.174 e. The second-order valence-corrected chi connectivity index (χ2v) is 8.39. The molecule has 0 atom stereocenters. The zero-order valence-electron chi connectivity index (χ0n) is 21.8. The topological polar surface area (TPSA) is 0 Å². The van der Waals surface area contributed by atoms with Crippen LogP contribution in [0.2, 0.25) is 0 Å². The van der Waals surface area contributed by atoms with E-state index in [1.165, 1.54) is 0 Å². The molecule has 2 fully saturated rings. The van der Waals surface area contributed by atoms with Crippen LogP contribution in [0.4, 0.5) is 0 Å². The summed E-state index contributed by atoms with van der Waals surface area (Å²) in [5, 5.41) is 0. The predicted octanol–water partition coefficient (Wildman–Crippen LogP) is 8.90. The van der Waals surface area contributed by atoms with Crippen LogP contribution in [0.15, 0.2) is 121 Å². The summed E-state index contributed by atoms with van der Waals surface area (Å²) in [5.74, 6) is 0. The summed E-state index contributed by atoms with van der Waals surface area (Å²) in [4.78, 5) is 0. The minimum atomic E-state index is 0. The Bertz CT molecular complexity index is 1100. The summed E-state index contributed by atoms with van der Waals surface area (Å²) in [5.41, 5.74) is 6.39. The van der Waals surface area contributed by atoms with Gasteiger partial charge in [-0.1, -0.05) is 97.1 Å². The fourth-order valence-electron chi connectivity index (χ4n) is 3.74. The van der Waals surface area contributed by atoms with Gasteiger partial charge in [0.1, 0.15) is 0 Å². The summed E-state index contributed by atoms with van der Waals surface area (Å²) in [6.45, 7) is 0. The van der Waals surface area contributed by atoms with E-state index in [0.717, 1.165) is 33.4 Å². The van der Waals surface area contributed by atoms with Gasteiger partial charge in [-0.15, -0.1) is 46.5 Å². The molecule has 6 rings (SSSR count). The Kier molecular flexibility index (Phi) is 14.6. The normalized spacial score (nSPS) is 14.8. The monoisotopic (exact) mass is 576 g/mol. The van der Waals surface area contributed by atoms with Gasteiger partial charge in [-0.3, -0.25) is 0 Å². The van der Waals surface area contributed by atoms with Crippen LogP contribution >= 0.6 is 0 Å².